The van der Waals surface area contributed by atoms with Crippen molar-refractivity contribution in [3.05, 3.63) is 24.0 Å². The number of piperidine rings is 1. The van der Waals surface area contributed by atoms with E-state index in [0.717, 1.165) is 44.3 Å². The Hall–Kier alpha value is -1.65. The van der Waals surface area contributed by atoms with Gasteiger partial charge in [0.25, 0.3) is 0 Å². The number of pyridine rings is 1. The van der Waals surface area contributed by atoms with Crippen LogP contribution in [0.5, 0.6) is 0 Å². The zero-order valence-electron chi connectivity index (χ0n) is 13.1. The summed E-state index contributed by atoms with van der Waals surface area (Å²) in [7, 11) is -3.30. The Kier molecular flexibility index (Phi) is 4.83. The highest BCUT2D eigenvalue weighted by Crippen LogP contribution is 2.25. The van der Waals surface area contributed by atoms with Gasteiger partial charge < -0.3 is 4.90 Å². The third-order valence-corrected chi connectivity index (χ3v) is 6.65. The van der Waals surface area contributed by atoms with E-state index in [1.165, 1.54) is 0 Å². The molecule has 1 aliphatic heterocycles. The lowest BCUT2D eigenvalue weighted by molar-refractivity contribution is 0.506. The molecule has 0 bridgehead atoms. The minimum absolute atomic E-state index is 0.112. The molecule has 124 valence electrons. The van der Waals surface area contributed by atoms with E-state index in [1.54, 1.807) is 12.3 Å². The van der Waals surface area contributed by atoms with E-state index in [-0.39, 0.29) is 6.04 Å². The molecule has 2 fully saturated rings. The fourth-order valence-electron chi connectivity index (χ4n) is 3.48. The van der Waals surface area contributed by atoms with Crippen molar-refractivity contribution in [1.29, 1.82) is 5.26 Å². The van der Waals surface area contributed by atoms with Crippen LogP contribution in [0.3, 0.4) is 0 Å². The Morgan fingerprint density at radius 2 is 2.04 bits per heavy atom. The molecule has 6 nitrogen and oxygen atoms in total. The highest BCUT2D eigenvalue weighted by molar-refractivity contribution is 7.90. The Bertz CT molecular complexity index is 692. The van der Waals surface area contributed by atoms with Gasteiger partial charge in [0, 0.05) is 31.0 Å². The zero-order chi connectivity index (χ0) is 16.3. The standard InChI is InChI=1S/C16H22N4O2S/c17-11-14-10-15(7-8-18-14)20-9-3-6-16(12-20)23(21,22)19-13-4-1-2-5-13/h7-8,10,13,16,19H,1-6,9,12H2/t16-/m1/s1. The van der Waals surface area contributed by atoms with E-state index in [0.29, 0.717) is 18.7 Å². The van der Waals surface area contributed by atoms with Crippen molar-refractivity contribution in [2.24, 2.45) is 0 Å². The summed E-state index contributed by atoms with van der Waals surface area (Å²) in [6.45, 7) is 1.28. The Morgan fingerprint density at radius 3 is 2.78 bits per heavy atom. The van der Waals surface area contributed by atoms with Gasteiger partial charge in [0.05, 0.1) is 5.25 Å². The molecular formula is C16H22N4O2S. The van der Waals surface area contributed by atoms with Crippen molar-refractivity contribution in [1.82, 2.24) is 9.71 Å². The van der Waals surface area contributed by atoms with E-state index < -0.39 is 15.3 Å². The number of rotatable bonds is 4. The molecule has 0 amide bonds. The average molecular weight is 334 g/mol. The molecular weight excluding hydrogens is 312 g/mol. The minimum Gasteiger partial charge on any atom is -0.370 e. The first-order valence-corrected chi connectivity index (χ1v) is 9.75. The third-order valence-electron chi connectivity index (χ3n) is 4.73. The van der Waals surface area contributed by atoms with E-state index in [1.807, 2.05) is 17.0 Å². The molecule has 1 aromatic heterocycles. The largest absolute Gasteiger partial charge is 0.370 e. The van der Waals surface area contributed by atoms with Gasteiger partial charge in [0.15, 0.2) is 0 Å². The number of nitrogens with zero attached hydrogens (tertiary/aromatic N) is 3. The van der Waals surface area contributed by atoms with Crippen molar-refractivity contribution < 1.29 is 8.42 Å². The minimum atomic E-state index is -3.30. The second kappa shape index (κ2) is 6.85. The molecule has 0 unspecified atom stereocenters. The van der Waals surface area contributed by atoms with Crippen LogP contribution in [-0.4, -0.2) is 37.8 Å². The first-order valence-electron chi connectivity index (χ1n) is 8.21. The first-order chi connectivity index (χ1) is 11.1. The van der Waals surface area contributed by atoms with Crippen LogP contribution in [0.1, 0.15) is 44.2 Å². The lowest BCUT2D eigenvalue weighted by atomic mass is 10.1. The fraction of sp³-hybridized carbons (Fsp3) is 0.625. The molecule has 3 rings (SSSR count). The van der Waals surface area contributed by atoms with Crippen LogP contribution in [-0.2, 0) is 10.0 Å². The van der Waals surface area contributed by atoms with Crippen LogP contribution in [0.15, 0.2) is 18.3 Å². The molecule has 1 aliphatic carbocycles. The van der Waals surface area contributed by atoms with Crippen LogP contribution >= 0.6 is 0 Å². The number of hydrogen-bond donors (Lipinski definition) is 1. The third kappa shape index (κ3) is 3.82. The van der Waals surface area contributed by atoms with Gasteiger partial charge in [-0.2, -0.15) is 5.26 Å². The van der Waals surface area contributed by atoms with Crippen molar-refractivity contribution in [2.45, 2.75) is 49.8 Å². The molecule has 1 atom stereocenters. The number of nitrogens with one attached hydrogen (secondary N) is 1. The molecule has 1 saturated heterocycles. The topological polar surface area (TPSA) is 86.1 Å². The van der Waals surface area contributed by atoms with Crippen LogP contribution in [0.4, 0.5) is 5.69 Å². The van der Waals surface area contributed by atoms with Gasteiger partial charge in [0.2, 0.25) is 10.0 Å². The number of anilines is 1. The second-order valence-electron chi connectivity index (χ2n) is 6.37. The molecule has 2 heterocycles. The van der Waals surface area contributed by atoms with Crippen molar-refractivity contribution in [2.75, 3.05) is 18.0 Å². The van der Waals surface area contributed by atoms with Crippen LogP contribution < -0.4 is 9.62 Å². The zero-order valence-corrected chi connectivity index (χ0v) is 13.9. The summed E-state index contributed by atoms with van der Waals surface area (Å²) < 4.78 is 28.2. The predicted molar refractivity (Wildman–Crippen MR) is 88.5 cm³/mol. The van der Waals surface area contributed by atoms with Gasteiger partial charge >= 0.3 is 0 Å². The summed E-state index contributed by atoms with van der Waals surface area (Å²) in [5.41, 5.74) is 1.23. The van der Waals surface area contributed by atoms with Gasteiger partial charge in [-0.15, -0.1) is 0 Å². The normalized spacial score (nSPS) is 22.9. The molecule has 1 N–H and O–H groups in total. The Labute approximate surface area is 137 Å². The smallest absolute Gasteiger partial charge is 0.216 e. The second-order valence-corrected chi connectivity index (χ2v) is 8.36. The van der Waals surface area contributed by atoms with E-state index in [4.69, 9.17) is 5.26 Å². The maximum absolute atomic E-state index is 12.6. The first kappa shape index (κ1) is 16.2. The summed E-state index contributed by atoms with van der Waals surface area (Å²) in [4.78, 5) is 6.02. The summed E-state index contributed by atoms with van der Waals surface area (Å²) in [6.07, 6.45) is 7.24. The summed E-state index contributed by atoms with van der Waals surface area (Å²) >= 11 is 0. The SMILES string of the molecule is N#Cc1cc(N2CCC[C@@H](S(=O)(=O)NC3CCCC3)C2)ccn1. The van der Waals surface area contributed by atoms with Crippen LogP contribution in [0.25, 0.3) is 0 Å². The number of aromatic nitrogens is 1. The monoisotopic (exact) mass is 334 g/mol. The molecule has 1 aromatic rings. The van der Waals surface area contributed by atoms with Crippen LogP contribution in [0.2, 0.25) is 0 Å². The molecule has 1 saturated carbocycles. The Morgan fingerprint density at radius 1 is 1.26 bits per heavy atom. The van der Waals surface area contributed by atoms with E-state index in [9.17, 15) is 8.42 Å². The van der Waals surface area contributed by atoms with Crippen LogP contribution in [0, 0.1) is 11.3 Å². The van der Waals surface area contributed by atoms with Gasteiger partial charge in [0.1, 0.15) is 11.8 Å². The summed E-state index contributed by atoms with van der Waals surface area (Å²) in [5, 5.41) is 8.57. The van der Waals surface area contributed by atoms with Gasteiger partial charge in [-0.3, -0.25) is 0 Å². The number of sulfonamides is 1. The quantitative estimate of drug-likeness (QED) is 0.907. The lowest BCUT2D eigenvalue weighted by Crippen LogP contribution is -2.48. The highest BCUT2D eigenvalue weighted by atomic mass is 32.2. The van der Waals surface area contributed by atoms with Gasteiger partial charge in [-0.25, -0.2) is 18.1 Å². The Balaban J connectivity index is 1.71. The fourth-order valence-corrected chi connectivity index (χ4v) is 5.22. The molecule has 0 spiro atoms. The van der Waals surface area contributed by atoms with Gasteiger partial charge in [-0.05, 0) is 37.8 Å². The summed E-state index contributed by atoms with van der Waals surface area (Å²) in [6, 6.07) is 5.70. The summed E-state index contributed by atoms with van der Waals surface area (Å²) in [5.74, 6) is 0. The molecule has 0 aromatic carbocycles. The van der Waals surface area contributed by atoms with Gasteiger partial charge in [-0.1, -0.05) is 12.8 Å². The molecule has 2 aliphatic rings. The lowest BCUT2D eigenvalue weighted by Gasteiger charge is -2.34. The van der Waals surface area contributed by atoms with Crippen molar-refractivity contribution in [3.8, 4) is 6.07 Å². The number of hydrogen-bond acceptors (Lipinski definition) is 5. The predicted octanol–water partition coefficient (Wildman–Crippen LogP) is 1.78. The maximum atomic E-state index is 12.6. The molecule has 7 heteroatoms. The molecule has 23 heavy (non-hydrogen) atoms. The maximum Gasteiger partial charge on any atom is 0.216 e. The van der Waals surface area contributed by atoms with E-state index >= 15 is 0 Å². The van der Waals surface area contributed by atoms with Crippen molar-refractivity contribution >= 4 is 15.7 Å². The highest BCUT2D eigenvalue weighted by Gasteiger charge is 2.33. The number of nitriles is 1. The van der Waals surface area contributed by atoms with E-state index in [2.05, 4.69) is 9.71 Å². The molecule has 0 radical (unpaired) electrons. The van der Waals surface area contributed by atoms with Crippen molar-refractivity contribution in [3.63, 3.8) is 0 Å². The average Bonchev–Trinajstić information content (AvgIpc) is 3.07.